The van der Waals surface area contributed by atoms with Crippen molar-refractivity contribution in [3.8, 4) is 0 Å². The van der Waals surface area contributed by atoms with Crippen molar-refractivity contribution in [1.82, 2.24) is 19.5 Å². The van der Waals surface area contributed by atoms with E-state index in [-0.39, 0.29) is 10.9 Å². The van der Waals surface area contributed by atoms with E-state index in [1.807, 2.05) is 49.4 Å². The van der Waals surface area contributed by atoms with Crippen LogP contribution >= 0.6 is 11.8 Å². The highest BCUT2D eigenvalue weighted by atomic mass is 32.2. The summed E-state index contributed by atoms with van der Waals surface area (Å²) in [7, 11) is -3.62. The third-order valence-corrected chi connectivity index (χ3v) is 8.03. The van der Waals surface area contributed by atoms with Gasteiger partial charge in [0.1, 0.15) is 5.82 Å². The van der Waals surface area contributed by atoms with Gasteiger partial charge in [-0.3, -0.25) is 0 Å². The Morgan fingerprint density at radius 2 is 1.81 bits per heavy atom. The smallest absolute Gasteiger partial charge is 0.241 e. The average molecular weight is 457 g/mol. The van der Waals surface area contributed by atoms with E-state index in [9.17, 15) is 8.42 Å². The molecule has 4 rings (SSSR count). The lowest BCUT2D eigenvalue weighted by Crippen LogP contribution is -2.29. The quantitative estimate of drug-likeness (QED) is 0.505. The standard InChI is InChI=1S/C23H28N4O2S2/c1-18-11-13-20(14-12-18)31(28,29)26-21(19-8-4-2-5-9-19)15-17-30-23-25-24-22-10-6-3-7-16-27(22)23/h2,4-5,8-9,11-14,21,26H,3,6-7,10,15-17H2,1H3/t21-/m1/s1. The summed E-state index contributed by atoms with van der Waals surface area (Å²) in [6.07, 6.45) is 5.18. The Morgan fingerprint density at radius 1 is 1.03 bits per heavy atom. The van der Waals surface area contributed by atoms with Gasteiger partial charge in [-0.1, -0.05) is 66.2 Å². The van der Waals surface area contributed by atoms with Crippen LogP contribution in [0.1, 0.15) is 48.7 Å². The van der Waals surface area contributed by atoms with Crippen LogP contribution in [0.4, 0.5) is 0 Å². The van der Waals surface area contributed by atoms with Crippen LogP contribution in [-0.2, 0) is 23.0 Å². The van der Waals surface area contributed by atoms with Crippen LogP contribution in [0.15, 0.2) is 64.6 Å². The molecule has 0 saturated carbocycles. The van der Waals surface area contributed by atoms with Crippen LogP contribution < -0.4 is 4.72 Å². The minimum Gasteiger partial charge on any atom is -0.306 e. The normalized spacial score (nSPS) is 15.3. The molecule has 0 radical (unpaired) electrons. The molecule has 2 aromatic carbocycles. The van der Waals surface area contributed by atoms with Crippen molar-refractivity contribution >= 4 is 21.8 Å². The maximum absolute atomic E-state index is 13.0. The fourth-order valence-electron chi connectivity index (χ4n) is 3.78. The summed E-state index contributed by atoms with van der Waals surface area (Å²) in [5, 5.41) is 9.67. The van der Waals surface area contributed by atoms with E-state index in [1.165, 1.54) is 12.8 Å². The number of thioether (sulfide) groups is 1. The van der Waals surface area contributed by atoms with E-state index in [1.54, 1.807) is 23.9 Å². The molecule has 0 unspecified atom stereocenters. The van der Waals surface area contributed by atoms with E-state index in [4.69, 9.17) is 0 Å². The van der Waals surface area contributed by atoms with Crippen LogP contribution in [0, 0.1) is 6.92 Å². The zero-order valence-electron chi connectivity index (χ0n) is 17.7. The molecule has 0 amide bonds. The molecule has 1 N–H and O–H groups in total. The number of hydrogen-bond acceptors (Lipinski definition) is 5. The Morgan fingerprint density at radius 3 is 2.58 bits per heavy atom. The molecule has 1 atom stereocenters. The summed E-state index contributed by atoms with van der Waals surface area (Å²) in [6.45, 7) is 2.91. The fourth-order valence-corrected chi connectivity index (χ4v) is 6.03. The molecule has 0 spiro atoms. The Bertz CT molecular complexity index is 1100. The first-order valence-corrected chi connectivity index (χ1v) is 13.2. The Balaban J connectivity index is 1.47. The lowest BCUT2D eigenvalue weighted by molar-refractivity contribution is 0.551. The monoisotopic (exact) mass is 456 g/mol. The lowest BCUT2D eigenvalue weighted by Gasteiger charge is -2.19. The molecular weight excluding hydrogens is 428 g/mol. The first-order chi connectivity index (χ1) is 15.0. The van der Waals surface area contributed by atoms with E-state index in [0.717, 1.165) is 47.2 Å². The fraction of sp³-hybridized carbons (Fsp3) is 0.391. The van der Waals surface area contributed by atoms with E-state index < -0.39 is 10.0 Å². The molecule has 0 aliphatic carbocycles. The van der Waals surface area contributed by atoms with Gasteiger partial charge in [-0.25, -0.2) is 13.1 Å². The van der Waals surface area contributed by atoms with Crippen LogP contribution in [0.5, 0.6) is 0 Å². The van der Waals surface area contributed by atoms with Crippen molar-refractivity contribution in [2.24, 2.45) is 0 Å². The summed E-state index contributed by atoms with van der Waals surface area (Å²) in [6, 6.07) is 16.4. The van der Waals surface area contributed by atoms with Crippen LogP contribution in [0.2, 0.25) is 0 Å². The van der Waals surface area contributed by atoms with Gasteiger partial charge in [0.2, 0.25) is 10.0 Å². The van der Waals surface area contributed by atoms with Crippen molar-refractivity contribution in [2.45, 2.75) is 61.7 Å². The summed E-state index contributed by atoms with van der Waals surface area (Å²) >= 11 is 1.65. The highest BCUT2D eigenvalue weighted by Gasteiger charge is 2.22. The molecule has 0 bridgehead atoms. The molecule has 3 aromatic rings. The van der Waals surface area contributed by atoms with Gasteiger partial charge in [0.15, 0.2) is 5.16 Å². The number of nitrogens with zero attached hydrogens (tertiary/aromatic N) is 3. The van der Waals surface area contributed by atoms with E-state index in [0.29, 0.717) is 6.42 Å². The van der Waals surface area contributed by atoms with Gasteiger partial charge in [0.25, 0.3) is 0 Å². The topological polar surface area (TPSA) is 76.9 Å². The van der Waals surface area contributed by atoms with Crippen LogP contribution in [0.25, 0.3) is 0 Å². The second-order valence-electron chi connectivity index (χ2n) is 7.90. The number of aryl methyl sites for hydroxylation is 2. The maximum Gasteiger partial charge on any atom is 0.241 e. The third kappa shape index (κ3) is 5.56. The lowest BCUT2D eigenvalue weighted by atomic mass is 10.1. The molecule has 6 nitrogen and oxygen atoms in total. The molecule has 0 saturated heterocycles. The van der Waals surface area contributed by atoms with Gasteiger partial charge in [0, 0.05) is 24.8 Å². The number of sulfonamides is 1. The summed E-state index contributed by atoms with van der Waals surface area (Å²) in [5.41, 5.74) is 1.99. The molecule has 1 aliphatic heterocycles. The highest BCUT2D eigenvalue weighted by molar-refractivity contribution is 7.99. The maximum atomic E-state index is 13.0. The Kier molecular flexibility index (Phi) is 7.09. The summed E-state index contributed by atoms with van der Waals surface area (Å²) in [4.78, 5) is 0.287. The first kappa shape index (κ1) is 22.0. The molecular formula is C23H28N4O2S2. The average Bonchev–Trinajstić information content (AvgIpc) is 3.00. The Labute approximate surface area is 188 Å². The number of aromatic nitrogens is 3. The largest absolute Gasteiger partial charge is 0.306 e. The molecule has 1 aliphatic rings. The second kappa shape index (κ2) is 9.97. The zero-order chi connectivity index (χ0) is 21.7. The van der Waals surface area contributed by atoms with Crippen molar-refractivity contribution in [2.75, 3.05) is 5.75 Å². The molecule has 1 aromatic heterocycles. The molecule has 8 heteroatoms. The van der Waals surface area contributed by atoms with Crippen LogP contribution in [-0.4, -0.2) is 28.9 Å². The van der Waals surface area contributed by atoms with Gasteiger partial charge >= 0.3 is 0 Å². The van der Waals surface area contributed by atoms with E-state index in [2.05, 4.69) is 19.5 Å². The van der Waals surface area contributed by atoms with Gasteiger partial charge in [-0.15, -0.1) is 10.2 Å². The van der Waals surface area contributed by atoms with Crippen molar-refractivity contribution in [3.63, 3.8) is 0 Å². The van der Waals surface area contributed by atoms with Gasteiger partial charge < -0.3 is 4.57 Å². The predicted molar refractivity (Wildman–Crippen MR) is 124 cm³/mol. The van der Waals surface area contributed by atoms with Crippen LogP contribution in [0.3, 0.4) is 0 Å². The molecule has 31 heavy (non-hydrogen) atoms. The van der Waals surface area contributed by atoms with Crippen molar-refractivity contribution < 1.29 is 8.42 Å². The number of rotatable bonds is 8. The summed E-state index contributed by atoms with van der Waals surface area (Å²) < 4.78 is 31.2. The van der Waals surface area contributed by atoms with Gasteiger partial charge in [-0.2, -0.15) is 0 Å². The first-order valence-electron chi connectivity index (χ1n) is 10.7. The van der Waals surface area contributed by atoms with Crippen molar-refractivity contribution in [3.05, 3.63) is 71.5 Å². The highest BCUT2D eigenvalue weighted by Crippen LogP contribution is 2.27. The number of fused-ring (bicyclic) bond motifs is 1. The number of hydrogen-bond donors (Lipinski definition) is 1. The minimum atomic E-state index is -3.62. The van der Waals surface area contributed by atoms with Gasteiger partial charge in [-0.05, 0) is 43.9 Å². The minimum absolute atomic E-state index is 0.287. The van der Waals surface area contributed by atoms with Crippen molar-refractivity contribution in [1.29, 1.82) is 0 Å². The summed E-state index contributed by atoms with van der Waals surface area (Å²) in [5.74, 6) is 1.81. The number of nitrogens with one attached hydrogen (secondary N) is 1. The SMILES string of the molecule is Cc1ccc(S(=O)(=O)N[C@H](CCSc2nnc3n2CCCCC3)c2ccccc2)cc1. The molecule has 2 heterocycles. The molecule has 164 valence electrons. The zero-order valence-corrected chi connectivity index (χ0v) is 19.3. The van der Waals surface area contributed by atoms with Gasteiger partial charge in [0.05, 0.1) is 4.90 Å². The van der Waals surface area contributed by atoms with E-state index >= 15 is 0 Å². The second-order valence-corrected chi connectivity index (χ2v) is 10.7. The third-order valence-electron chi connectivity index (χ3n) is 5.54. The molecule has 0 fully saturated rings. The number of benzene rings is 2. The predicted octanol–water partition coefficient (Wildman–Crippen LogP) is 4.51. The Hall–Kier alpha value is -2.16.